The Morgan fingerprint density at radius 2 is 2.27 bits per heavy atom. The predicted octanol–water partition coefficient (Wildman–Crippen LogP) is 0.0240. The molecule has 0 unspecified atom stereocenters. The molecule has 82 valence electrons. The van der Waals surface area contributed by atoms with Gasteiger partial charge in [0, 0.05) is 11.1 Å². The van der Waals surface area contributed by atoms with E-state index in [1.54, 1.807) is 6.20 Å². The van der Waals surface area contributed by atoms with Gasteiger partial charge in [0.15, 0.2) is 5.13 Å². The fourth-order valence-corrected chi connectivity index (χ4v) is 1.66. The van der Waals surface area contributed by atoms with E-state index in [2.05, 4.69) is 10.3 Å². The fraction of sp³-hybridized carbons (Fsp3) is 0.375. The lowest BCUT2D eigenvalue weighted by Gasteiger charge is -1.99. The predicted molar refractivity (Wildman–Crippen MR) is 57.1 cm³/mol. The van der Waals surface area contributed by atoms with Gasteiger partial charge in [-0.15, -0.1) is 11.3 Å². The number of hydrazine groups is 1. The van der Waals surface area contributed by atoms with Crippen molar-refractivity contribution in [3.8, 4) is 0 Å². The topological polar surface area (TPSA) is 97.1 Å². The number of thiazole rings is 1. The van der Waals surface area contributed by atoms with Crippen LogP contribution in [0.5, 0.6) is 0 Å². The Morgan fingerprint density at radius 3 is 2.80 bits per heavy atom. The van der Waals surface area contributed by atoms with Crippen LogP contribution in [0.15, 0.2) is 6.20 Å². The van der Waals surface area contributed by atoms with Gasteiger partial charge in [-0.25, -0.2) is 10.8 Å². The molecule has 0 saturated heterocycles. The quantitative estimate of drug-likeness (QED) is 0.293. The summed E-state index contributed by atoms with van der Waals surface area (Å²) in [6.45, 7) is 2.00. The molecule has 0 saturated carbocycles. The number of nitrogens with zero attached hydrogens (tertiary/aromatic N) is 1. The van der Waals surface area contributed by atoms with Crippen molar-refractivity contribution < 1.29 is 9.59 Å². The molecule has 1 rings (SSSR count). The van der Waals surface area contributed by atoms with Crippen LogP contribution >= 0.6 is 11.3 Å². The van der Waals surface area contributed by atoms with Crippen LogP contribution in [0.3, 0.4) is 0 Å². The molecule has 1 aromatic rings. The molecule has 0 atom stereocenters. The Morgan fingerprint density at radius 1 is 1.53 bits per heavy atom. The summed E-state index contributed by atoms with van der Waals surface area (Å²) >= 11 is 1.39. The zero-order valence-corrected chi connectivity index (χ0v) is 9.06. The summed E-state index contributed by atoms with van der Waals surface area (Å²) in [7, 11) is 0. The van der Waals surface area contributed by atoms with E-state index in [-0.39, 0.29) is 6.42 Å². The molecular formula is C8H12N4O2S. The smallest absolute Gasteiger partial charge is 0.243 e. The lowest BCUT2D eigenvalue weighted by Crippen LogP contribution is -2.33. The molecule has 6 nitrogen and oxygen atoms in total. The number of carbonyl (C=O) groups excluding carboxylic acids is 2. The lowest BCUT2D eigenvalue weighted by atomic mass is 10.4. The van der Waals surface area contributed by atoms with E-state index in [0.717, 1.165) is 11.3 Å². The Kier molecular flexibility index (Phi) is 4.19. The Bertz CT molecular complexity index is 363. The van der Waals surface area contributed by atoms with E-state index < -0.39 is 11.8 Å². The number of hydrogen-bond acceptors (Lipinski definition) is 5. The summed E-state index contributed by atoms with van der Waals surface area (Å²) in [4.78, 5) is 27.0. The van der Waals surface area contributed by atoms with Gasteiger partial charge in [-0.1, -0.05) is 6.92 Å². The van der Waals surface area contributed by atoms with Gasteiger partial charge in [-0.05, 0) is 6.42 Å². The first-order chi connectivity index (χ1) is 7.15. The van der Waals surface area contributed by atoms with Crippen LogP contribution in [-0.4, -0.2) is 16.8 Å². The van der Waals surface area contributed by atoms with Crippen molar-refractivity contribution in [1.82, 2.24) is 10.4 Å². The van der Waals surface area contributed by atoms with Crippen molar-refractivity contribution in [1.29, 1.82) is 0 Å². The van der Waals surface area contributed by atoms with Crippen LogP contribution in [0.25, 0.3) is 0 Å². The summed E-state index contributed by atoms with van der Waals surface area (Å²) in [6, 6.07) is 0. The molecule has 0 fully saturated rings. The monoisotopic (exact) mass is 228 g/mol. The molecule has 7 heteroatoms. The van der Waals surface area contributed by atoms with Gasteiger partial charge in [0.25, 0.3) is 0 Å². The summed E-state index contributed by atoms with van der Waals surface area (Å²) < 4.78 is 0. The molecule has 15 heavy (non-hydrogen) atoms. The molecule has 0 spiro atoms. The summed E-state index contributed by atoms with van der Waals surface area (Å²) in [6.07, 6.45) is 2.28. The van der Waals surface area contributed by atoms with E-state index in [1.165, 1.54) is 11.3 Å². The van der Waals surface area contributed by atoms with Gasteiger partial charge in [-0.2, -0.15) is 0 Å². The van der Waals surface area contributed by atoms with Crippen LogP contribution in [0.4, 0.5) is 5.13 Å². The van der Waals surface area contributed by atoms with Crippen LogP contribution in [0.2, 0.25) is 0 Å². The SMILES string of the molecule is CCc1cnc(NC(=O)CC(=O)NN)s1. The van der Waals surface area contributed by atoms with Crippen LogP contribution in [-0.2, 0) is 16.0 Å². The van der Waals surface area contributed by atoms with E-state index in [0.29, 0.717) is 5.13 Å². The summed E-state index contributed by atoms with van der Waals surface area (Å²) in [5, 5.41) is 3.02. The molecule has 0 aliphatic carbocycles. The molecule has 0 bridgehead atoms. The van der Waals surface area contributed by atoms with Crippen LogP contribution < -0.4 is 16.6 Å². The minimum absolute atomic E-state index is 0.294. The first kappa shape index (κ1) is 11.6. The van der Waals surface area contributed by atoms with E-state index in [1.807, 2.05) is 12.3 Å². The molecule has 0 radical (unpaired) electrons. The molecule has 4 N–H and O–H groups in total. The van der Waals surface area contributed by atoms with E-state index >= 15 is 0 Å². The molecule has 2 amide bonds. The number of nitrogens with one attached hydrogen (secondary N) is 2. The third kappa shape index (κ3) is 3.64. The largest absolute Gasteiger partial charge is 0.302 e. The van der Waals surface area contributed by atoms with Gasteiger partial charge in [-0.3, -0.25) is 15.0 Å². The average Bonchev–Trinajstić information content (AvgIpc) is 2.65. The highest BCUT2D eigenvalue weighted by atomic mass is 32.1. The second-order valence-electron chi connectivity index (χ2n) is 2.78. The van der Waals surface area contributed by atoms with Gasteiger partial charge in [0.2, 0.25) is 11.8 Å². The molecule has 1 aromatic heterocycles. The maximum absolute atomic E-state index is 11.2. The van der Waals surface area contributed by atoms with Crippen molar-refractivity contribution >= 4 is 28.3 Å². The first-order valence-electron chi connectivity index (χ1n) is 4.39. The lowest BCUT2D eigenvalue weighted by molar-refractivity contribution is -0.126. The summed E-state index contributed by atoms with van der Waals surface area (Å²) in [5.41, 5.74) is 1.88. The van der Waals surface area contributed by atoms with Gasteiger partial charge >= 0.3 is 0 Å². The minimum Gasteiger partial charge on any atom is -0.302 e. The number of amides is 2. The average molecular weight is 228 g/mol. The highest BCUT2D eigenvalue weighted by molar-refractivity contribution is 7.15. The van der Waals surface area contributed by atoms with Crippen molar-refractivity contribution in [3.63, 3.8) is 0 Å². The van der Waals surface area contributed by atoms with Crippen LogP contribution in [0, 0.1) is 0 Å². The van der Waals surface area contributed by atoms with E-state index in [4.69, 9.17) is 5.84 Å². The second kappa shape index (κ2) is 5.42. The minimum atomic E-state index is -0.528. The number of aryl methyl sites for hydroxylation is 1. The van der Waals surface area contributed by atoms with Crippen molar-refractivity contribution in [3.05, 3.63) is 11.1 Å². The Labute approximate surface area is 90.8 Å². The second-order valence-corrected chi connectivity index (χ2v) is 3.89. The standard InChI is InChI=1S/C8H12N4O2S/c1-2-5-4-10-8(15-5)11-6(13)3-7(14)12-9/h4H,2-3,9H2,1H3,(H,12,14)(H,10,11,13). The third-order valence-electron chi connectivity index (χ3n) is 1.63. The molecule has 1 heterocycles. The van der Waals surface area contributed by atoms with Crippen molar-refractivity contribution in [2.24, 2.45) is 5.84 Å². The van der Waals surface area contributed by atoms with E-state index in [9.17, 15) is 9.59 Å². The fourth-order valence-electron chi connectivity index (χ4n) is 0.889. The highest BCUT2D eigenvalue weighted by Gasteiger charge is 2.09. The summed E-state index contributed by atoms with van der Waals surface area (Å²) in [5.74, 6) is 3.90. The molecule has 0 aromatic carbocycles. The van der Waals surface area contributed by atoms with Crippen molar-refractivity contribution in [2.75, 3.05) is 5.32 Å². The normalized spacial score (nSPS) is 9.73. The Balaban J connectivity index is 2.47. The zero-order chi connectivity index (χ0) is 11.3. The Hall–Kier alpha value is -1.47. The molecule has 0 aliphatic rings. The number of rotatable bonds is 4. The molecule has 0 aliphatic heterocycles. The number of carbonyl (C=O) groups is 2. The van der Waals surface area contributed by atoms with Crippen molar-refractivity contribution in [2.45, 2.75) is 19.8 Å². The molecular weight excluding hydrogens is 216 g/mol. The zero-order valence-electron chi connectivity index (χ0n) is 8.24. The third-order valence-corrected chi connectivity index (χ3v) is 2.69. The number of hydrogen-bond donors (Lipinski definition) is 3. The van der Waals surface area contributed by atoms with Gasteiger partial charge in [0.05, 0.1) is 0 Å². The number of anilines is 1. The van der Waals surface area contributed by atoms with Gasteiger partial charge < -0.3 is 5.32 Å². The number of nitrogens with two attached hydrogens (primary N) is 1. The maximum atomic E-state index is 11.2. The number of aromatic nitrogens is 1. The first-order valence-corrected chi connectivity index (χ1v) is 5.21. The van der Waals surface area contributed by atoms with Crippen LogP contribution in [0.1, 0.15) is 18.2 Å². The maximum Gasteiger partial charge on any atom is 0.243 e. The van der Waals surface area contributed by atoms with Gasteiger partial charge in [0.1, 0.15) is 6.42 Å². The highest BCUT2D eigenvalue weighted by Crippen LogP contribution is 2.18.